The fraction of sp³-hybridized carbons (Fsp3) is 0.632. The number of esters is 1. The van der Waals surface area contributed by atoms with Crippen LogP contribution in [0.3, 0.4) is 0 Å². The molecule has 0 aromatic carbocycles. The largest absolute Gasteiger partial charge is 0.472 e. The zero-order valence-electron chi connectivity index (χ0n) is 42.8. The molecule has 1 aliphatic rings. The summed E-state index contributed by atoms with van der Waals surface area (Å²) in [6, 6.07) is 0. The van der Waals surface area contributed by atoms with Crippen LogP contribution in [0.5, 0.6) is 0 Å². The molecule has 0 heterocycles. The number of carbonyl (C=O) groups is 1. The molecule has 0 saturated heterocycles. The van der Waals surface area contributed by atoms with Gasteiger partial charge in [-0.2, -0.15) is 0 Å². The Bertz CT molecular complexity index is 1610. The first kappa shape index (κ1) is 64.8. The van der Waals surface area contributed by atoms with E-state index >= 15 is 0 Å². The average Bonchev–Trinajstić information content (AvgIpc) is 3.35. The lowest BCUT2D eigenvalue weighted by molar-refractivity contribution is -0.220. The van der Waals surface area contributed by atoms with Gasteiger partial charge in [-0.1, -0.05) is 180 Å². The Morgan fingerprint density at radius 3 is 1.21 bits per heavy atom. The van der Waals surface area contributed by atoms with Crippen molar-refractivity contribution >= 4 is 13.8 Å². The molecular weight excluding hydrogens is 908 g/mol. The zero-order chi connectivity index (χ0) is 51.2. The van der Waals surface area contributed by atoms with Gasteiger partial charge >= 0.3 is 13.8 Å². The van der Waals surface area contributed by atoms with Gasteiger partial charge in [0.1, 0.15) is 42.7 Å². The number of ether oxygens (including phenoxy) is 2. The van der Waals surface area contributed by atoms with E-state index in [2.05, 4.69) is 135 Å². The summed E-state index contributed by atoms with van der Waals surface area (Å²) in [6.07, 6.45) is 54.0. The molecule has 0 amide bonds. The van der Waals surface area contributed by atoms with Gasteiger partial charge in [-0.15, -0.1) is 0 Å². The third-order valence-corrected chi connectivity index (χ3v) is 12.3. The molecule has 70 heavy (non-hydrogen) atoms. The molecule has 1 saturated carbocycles. The van der Waals surface area contributed by atoms with Gasteiger partial charge in [0.25, 0.3) is 0 Å². The van der Waals surface area contributed by atoms with Gasteiger partial charge in [-0.25, -0.2) is 4.57 Å². The van der Waals surface area contributed by atoms with Crippen LogP contribution in [-0.2, 0) is 27.9 Å². The number of rotatable bonds is 43. The van der Waals surface area contributed by atoms with Crippen LogP contribution in [0.15, 0.2) is 122 Å². The van der Waals surface area contributed by atoms with Gasteiger partial charge in [0.05, 0.1) is 13.2 Å². The summed E-state index contributed by atoms with van der Waals surface area (Å²) >= 11 is 0. The van der Waals surface area contributed by atoms with Gasteiger partial charge < -0.3 is 39.9 Å². The standard InChI is InChI=1S/C57H93O12P/c1-3-5-7-9-11-13-15-17-19-21-23-25-27-29-31-33-35-37-39-41-43-45-47-66-48-50(49-67-70(64,65)69-57-55(62)53(60)52(59)54(61)56(57)63)68-51(58)46-44-42-40-38-36-34-32-30-28-26-24-22-20-18-16-14-12-10-8-6-4-2/h5-8,11-14,17-20,23-26,30,32,36,38,50,52-57,59-63H,3-4,9-10,15-16,21-22,27-29,31,33-35,37,39-49H2,1-2H3,(H,64,65)/b7-5-,8-6-,13-11-,14-12-,19-17-,20-18-,25-23-,26-24-,32-30-,38-36-. The second-order valence-corrected chi connectivity index (χ2v) is 19.0. The molecule has 0 spiro atoms. The number of phosphoric acid groups is 1. The van der Waals surface area contributed by atoms with Gasteiger partial charge in [-0.3, -0.25) is 13.8 Å². The number of hydrogen-bond donors (Lipinski definition) is 6. The highest BCUT2D eigenvalue weighted by atomic mass is 31.2. The number of aliphatic hydroxyl groups excluding tert-OH is 5. The Morgan fingerprint density at radius 1 is 0.457 bits per heavy atom. The molecule has 1 aliphatic carbocycles. The van der Waals surface area contributed by atoms with E-state index in [1.54, 1.807) is 0 Å². The van der Waals surface area contributed by atoms with Gasteiger partial charge in [0.2, 0.25) is 0 Å². The van der Waals surface area contributed by atoms with Crippen LogP contribution >= 0.6 is 7.82 Å². The molecule has 6 unspecified atom stereocenters. The van der Waals surface area contributed by atoms with Crippen LogP contribution in [-0.4, -0.2) is 98.9 Å². The lowest BCUT2D eigenvalue weighted by atomic mass is 9.85. The second-order valence-electron chi connectivity index (χ2n) is 17.6. The third-order valence-electron chi connectivity index (χ3n) is 11.3. The molecule has 0 aromatic rings. The molecule has 1 rings (SSSR count). The average molecular weight is 1000 g/mol. The SMILES string of the molecule is CC/C=C\C/C=C\C/C=C\C/C=C\C/C=C\C/C=C\CCCCC(=O)OC(COCCCCCCCCCCC/C=C\C/C=C\C/C=C\C/C=C\CC)COP(=O)(O)OC1C(O)C(O)C(O)C(O)C1O. The highest BCUT2D eigenvalue weighted by Gasteiger charge is 2.51. The normalized spacial score (nSPS) is 21.9. The number of hydrogen-bond acceptors (Lipinski definition) is 11. The first-order valence-electron chi connectivity index (χ1n) is 26.4. The smallest absolute Gasteiger partial charge is 0.457 e. The molecule has 6 N–H and O–H groups in total. The molecule has 13 heteroatoms. The van der Waals surface area contributed by atoms with Crippen molar-refractivity contribution in [2.24, 2.45) is 0 Å². The maximum absolute atomic E-state index is 12.9. The lowest BCUT2D eigenvalue weighted by Crippen LogP contribution is -2.64. The Kier molecular flexibility index (Phi) is 42.2. The van der Waals surface area contributed by atoms with E-state index in [9.17, 15) is 39.8 Å². The molecule has 12 nitrogen and oxygen atoms in total. The minimum atomic E-state index is -5.05. The molecule has 0 aromatic heterocycles. The van der Waals surface area contributed by atoms with Gasteiger partial charge in [-0.05, 0) is 103 Å². The lowest BCUT2D eigenvalue weighted by Gasteiger charge is -2.41. The van der Waals surface area contributed by atoms with Crippen LogP contribution < -0.4 is 0 Å². The van der Waals surface area contributed by atoms with E-state index < -0.39 is 63.1 Å². The molecular formula is C57H93O12P. The Hall–Kier alpha value is -3.26. The topological polar surface area (TPSA) is 192 Å². The van der Waals surface area contributed by atoms with Crippen LogP contribution in [0.4, 0.5) is 0 Å². The minimum Gasteiger partial charge on any atom is -0.457 e. The number of unbranched alkanes of at least 4 members (excludes halogenated alkanes) is 11. The van der Waals surface area contributed by atoms with Crippen LogP contribution in [0.1, 0.15) is 168 Å². The van der Waals surface area contributed by atoms with E-state index in [-0.39, 0.29) is 13.0 Å². The number of allylic oxidation sites excluding steroid dienone is 20. The van der Waals surface area contributed by atoms with E-state index in [4.69, 9.17) is 18.5 Å². The highest BCUT2D eigenvalue weighted by molar-refractivity contribution is 7.47. The van der Waals surface area contributed by atoms with Crippen molar-refractivity contribution in [2.75, 3.05) is 19.8 Å². The molecule has 1 fully saturated rings. The second kappa shape index (κ2) is 45.6. The van der Waals surface area contributed by atoms with Gasteiger partial charge in [0, 0.05) is 13.0 Å². The summed E-state index contributed by atoms with van der Waals surface area (Å²) in [5.41, 5.74) is 0. The highest BCUT2D eigenvalue weighted by Crippen LogP contribution is 2.47. The van der Waals surface area contributed by atoms with Crippen molar-refractivity contribution in [1.82, 2.24) is 0 Å². The quantitative estimate of drug-likeness (QED) is 0.0147. The van der Waals surface area contributed by atoms with Gasteiger partial charge in [0.15, 0.2) is 0 Å². The van der Waals surface area contributed by atoms with E-state index in [0.717, 1.165) is 109 Å². The summed E-state index contributed by atoms with van der Waals surface area (Å²) in [4.78, 5) is 23.3. The minimum absolute atomic E-state index is 0.108. The summed E-state index contributed by atoms with van der Waals surface area (Å²) in [6.45, 7) is 3.96. The number of phosphoric ester groups is 1. The Morgan fingerprint density at radius 2 is 0.800 bits per heavy atom. The molecule has 0 bridgehead atoms. The Labute approximate surface area is 422 Å². The summed E-state index contributed by atoms with van der Waals surface area (Å²) in [5, 5.41) is 50.4. The molecule has 398 valence electrons. The molecule has 6 atom stereocenters. The van der Waals surface area contributed by atoms with E-state index in [0.29, 0.717) is 13.0 Å². The predicted octanol–water partition coefficient (Wildman–Crippen LogP) is 12.2. The van der Waals surface area contributed by atoms with Crippen LogP contribution in [0.25, 0.3) is 0 Å². The van der Waals surface area contributed by atoms with E-state index in [1.165, 1.54) is 32.1 Å². The Balaban J connectivity index is 2.39. The molecule has 0 aliphatic heterocycles. The molecule has 0 radical (unpaired) electrons. The van der Waals surface area contributed by atoms with Crippen molar-refractivity contribution in [2.45, 2.75) is 211 Å². The fourth-order valence-electron chi connectivity index (χ4n) is 7.23. The first-order chi connectivity index (χ1) is 34.0. The van der Waals surface area contributed by atoms with Crippen molar-refractivity contribution in [3.05, 3.63) is 122 Å². The van der Waals surface area contributed by atoms with Crippen molar-refractivity contribution in [3.8, 4) is 0 Å². The summed E-state index contributed by atoms with van der Waals surface area (Å²) < 4.78 is 34.3. The number of aliphatic hydroxyl groups is 5. The number of carbonyl (C=O) groups excluding carboxylic acids is 1. The predicted molar refractivity (Wildman–Crippen MR) is 285 cm³/mol. The van der Waals surface area contributed by atoms with Crippen LogP contribution in [0.2, 0.25) is 0 Å². The van der Waals surface area contributed by atoms with Crippen molar-refractivity contribution in [1.29, 1.82) is 0 Å². The zero-order valence-corrected chi connectivity index (χ0v) is 43.7. The third kappa shape index (κ3) is 36.6. The summed E-state index contributed by atoms with van der Waals surface area (Å²) in [7, 11) is -5.05. The van der Waals surface area contributed by atoms with E-state index in [1.807, 2.05) is 0 Å². The van der Waals surface area contributed by atoms with Crippen LogP contribution in [0, 0.1) is 0 Å². The maximum Gasteiger partial charge on any atom is 0.472 e. The fourth-order valence-corrected chi connectivity index (χ4v) is 8.20. The first-order valence-corrected chi connectivity index (χ1v) is 27.9. The maximum atomic E-state index is 12.9. The summed E-state index contributed by atoms with van der Waals surface area (Å²) in [5.74, 6) is -0.526. The van der Waals surface area contributed by atoms with Crippen molar-refractivity contribution < 1.29 is 58.3 Å². The van der Waals surface area contributed by atoms with Crippen molar-refractivity contribution in [3.63, 3.8) is 0 Å². The monoisotopic (exact) mass is 1000 g/mol.